The maximum absolute atomic E-state index is 11.1. The van der Waals surface area contributed by atoms with Crippen LogP contribution in [0.3, 0.4) is 0 Å². The summed E-state index contributed by atoms with van der Waals surface area (Å²) in [6.07, 6.45) is -1.83. The minimum atomic E-state index is -0.915. The van der Waals surface area contributed by atoms with Crippen LogP contribution in [0.25, 0.3) is 45.9 Å². The summed E-state index contributed by atoms with van der Waals surface area (Å²) in [5.74, 6) is 2.84. The van der Waals surface area contributed by atoms with Crippen LogP contribution in [0.4, 0.5) is 11.9 Å². The molecule has 0 radical (unpaired) electrons. The van der Waals surface area contributed by atoms with Gasteiger partial charge in [-0.15, -0.1) is 0 Å². The van der Waals surface area contributed by atoms with E-state index in [0.29, 0.717) is 58.2 Å². The van der Waals surface area contributed by atoms with Gasteiger partial charge in [0.15, 0.2) is 0 Å². The van der Waals surface area contributed by atoms with E-state index < -0.39 is 37.2 Å². The summed E-state index contributed by atoms with van der Waals surface area (Å²) in [6.45, 7) is 21.4. The highest BCUT2D eigenvalue weighted by molar-refractivity contribution is 5.77. The van der Waals surface area contributed by atoms with E-state index in [1.54, 1.807) is 0 Å². The fourth-order valence-electron chi connectivity index (χ4n) is 7.18. The predicted octanol–water partition coefficient (Wildman–Crippen LogP) is 3.63. The zero-order valence-corrected chi connectivity index (χ0v) is 41.4. The van der Waals surface area contributed by atoms with Crippen molar-refractivity contribution in [1.29, 1.82) is 0 Å². The standard InChI is InChI=1S/2C24H32N6O5/c2*1-6-30(7-2)24-26-16(5)10-19(27-24)23-28-22(29-35-23)17-8-14(3)21(15(4)9-17)34-13-18(32)11-25-20(33)12-31/h2*8-10,18,31-32H,6-7,11-13H2,1-5H3,(H,25,33). The number of ether oxygens (including phenoxy) is 2. The van der Waals surface area contributed by atoms with Gasteiger partial charge in [0.05, 0.1) is 0 Å². The minimum absolute atomic E-state index is 0.0129. The molecule has 6 aromatic rings. The number of aryl methyl sites for hydroxylation is 6. The van der Waals surface area contributed by atoms with Gasteiger partial charge >= 0.3 is 0 Å². The van der Waals surface area contributed by atoms with Crippen molar-refractivity contribution in [3.05, 3.63) is 70.0 Å². The van der Waals surface area contributed by atoms with Crippen molar-refractivity contribution >= 4 is 23.7 Å². The molecule has 376 valence electrons. The van der Waals surface area contributed by atoms with E-state index >= 15 is 0 Å². The molecule has 2 amide bonds. The minimum Gasteiger partial charge on any atom is -0.490 e. The average molecular weight is 969 g/mol. The van der Waals surface area contributed by atoms with Crippen LogP contribution < -0.4 is 29.9 Å². The van der Waals surface area contributed by atoms with Crippen molar-refractivity contribution in [3.8, 4) is 57.4 Å². The number of nitrogens with one attached hydrogen (secondary N) is 2. The van der Waals surface area contributed by atoms with E-state index in [9.17, 15) is 19.8 Å². The van der Waals surface area contributed by atoms with Crippen molar-refractivity contribution < 1.29 is 48.5 Å². The summed E-state index contributed by atoms with van der Waals surface area (Å²) >= 11 is 0. The quantitative estimate of drug-likeness (QED) is 0.0566. The summed E-state index contributed by atoms with van der Waals surface area (Å²) in [5, 5.41) is 50.6. The van der Waals surface area contributed by atoms with Crippen LogP contribution >= 0.6 is 0 Å². The molecule has 2 atom stereocenters. The highest BCUT2D eigenvalue weighted by Gasteiger charge is 2.20. The number of rotatable bonds is 22. The summed E-state index contributed by atoms with van der Waals surface area (Å²) in [5.41, 5.74) is 7.59. The Kier molecular flexibility index (Phi) is 19.6. The second kappa shape index (κ2) is 25.5. The second-order valence-electron chi connectivity index (χ2n) is 16.3. The lowest BCUT2D eigenvalue weighted by atomic mass is 10.1. The number of nitrogens with zero attached hydrogens (tertiary/aromatic N) is 10. The Morgan fingerprint density at radius 2 is 0.900 bits per heavy atom. The highest BCUT2D eigenvalue weighted by Crippen LogP contribution is 2.32. The number of aliphatic hydroxyl groups excluding tert-OH is 4. The largest absolute Gasteiger partial charge is 0.490 e. The molecule has 4 aromatic heterocycles. The summed E-state index contributed by atoms with van der Waals surface area (Å²) in [6, 6.07) is 11.1. The van der Waals surface area contributed by atoms with Crippen LogP contribution in [0.15, 0.2) is 45.4 Å². The Balaban J connectivity index is 0.000000261. The normalized spacial score (nSPS) is 11.9. The second-order valence-corrected chi connectivity index (χ2v) is 16.3. The Labute approximate surface area is 406 Å². The molecular weight excluding hydrogens is 905 g/mol. The maximum atomic E-state index is 11.1. The molecule has 22 nitrogen and oxygen atoms in total. The van der Waals surface area contributed by atoms with Crippen LogP contribution in [0.5, 0.6) is 11.5 Å². The summed E-state index contributed by atoms with van der Waals surface area (Å²) < 4.78 is 22.6. The Bertz CT molecular complexity index is 2460. The van der Waals surface area contributed by atoms with E-state index in [2.05, 4.69) is 60.7 Å². The Morgan fingerprint density at radius 1 is 0.557 bits per heavy atom. The summed E-state index contributed by atoms with van der Waals surface area (Å²) in [7, 11) is 0. The number of benzene rings is 2. The van der Waals surface area contributed by atoms with E-state index in [0.717, 1.165) is 70.9 Å². The van der Waals surface area contributed by atoms with Gasteiger partial charge in [-0.2, -0.15) is 9.97 Å². The molecule has 0 aliphatic rings. The van der Waals surface area contributed by atoms with Gasteiger partial charge in [0.1, 0.15) is 61.5 Å². The topological polar surface area (TPSA) is 293 Å². The number of hydrogen-bond donors (Lipinski definition) is 6. The van der Waals surface area contributed by atoms with Crippen LogP contribution in [0, 0.1) is 41.5 Å². The first kappa shape index (κ1) is 53.8. The molecule has 0 bridgehead atoms. The Hall–Kier alpha value is -7.14. The highest BCUT2D eigenvalue weighted by atomic mass is 16.5. The third-order valence-corrected chi connectivity index (χ3v) is 10.7. The molecular formula is C48H64N12O10. The fourth-order valence-corrected chi connectivity index (χ4v) is 7.18. The van der Waals surface area contributed by atoms with Gasteiger partial charge in [0.2, 0.25) is 35.4 Å². The number of carbonyl (C=O) groups excluding carboxylic acids is 2. The molecule has 0 spiro atoms. The smallest absolute Gasteiger partial charge is 0.277 e. The van der Waals surface area contributed by atoms with E-state index in [1.807, 2.05) is 106 Å². The molecule has 2 unspecified atom stereocenters. The Morgan fingerprint density at radius 3 is 1.21 bits per heavy atom. The fraction of sp³-hybridized carbons (Fsp3) is 0.458. The first-order chi connectivity index (χ1) is 33.5. The van der Waals surface area contributed by atoms with Crippen LogP contribution in [-0.4, -0.2) is 150 Å². The van der Waals surface area contributed by atoms with Crippen molar-refractivity contribution in [2.24, 2.45) is 0 Å². The molecule has 0 saturated heterocycles. The SMILES string of the molecule is CCN(CC)c1nc(C)cc(-c2nc(-c3cc(C)c(OCC(O)CNC(=O)CO)c(C)c3)no2)n1.CCN(CC)c1nc(C)cc(-c2nc(-c3cc(C)c(OCC(O)CNC(=O)CO)c(C)c3)no2)n1. The average Bonchev–Trinajstić information content (AvgIpc) is 4.05. The number of aliphatic hydroxyl groups is 4. The van der Waals surface area contributed by atoms with Crippen LogP contribution in [0.1, 0.15) is 61.3 Å². The van der Waals surface area contributed by atoms with Gasteiger partial charge < -0.3 is 59.4 Å². The lowest BCUT2D eigenvalue weighted by Gasteiger charge is -2.18. The lowest BCUT2D eigenvalue weighted by molar-refractivity contribution is -0.125. The van der Waals surface area contributed by atoms with Crippen molar-refractivity contribution in [2.75, 3.05) is 75.5 Å². The van der Waals surface area contributed by atoms with E-state index in [-0.39, 0.29) is 26.3 Å². The van der Waals surface area contributed by atoms with Crippen molar-refractivity contribution in [1.82, 2.24) is 50.9 Å². The third kappa shape index (κ3) is 14.4. The zero-order chi connectivity index (χ0) is 51.1. The molecule has 4 heterocycles. The number of hydrogen-bond acceptors (Lipinski definition) is 20. The first-order valence-electron chi connectivity index (χ1n) is 23.0. The maximum Gasteiger partial charge on any atom is 0.277 e. The van der Waals surface area contributed by atoms with Gasteiger partial charge in [-0.3, -0.25) is 9.59 Å². The van der Waals surface area contributed by atoms with Crippen molar-refractivity contribution in [3.63, 3.8) is 0 Å². The summed E-state index contributed by atoms with van der Waals surface area (Å²) in [4.78, 5) is 53.7. The molecule has 0 aliphatic carbocycles. The predicted molar refractivity (Wildman–Crippen MR) is 260 cm³/mol. The van der Waals surface area contributed by atoms with Crippen molar-refractivity contribution in [2.45, 2.75) is 81.4 Å². The van der Waals surface area contributed by atoms with Gasteiger partial charge in [-0.1, -0.05) is 10.3 Å². The molecule has 0 fully saturated rings. The number of carbonyl (C=O) groups is 2. The van der Waals surface area contributed by atoms with Gasteiger partial charge in [-0.05, 0) is 128 Å². The van der Waals surface area contributed by atoms with Gasteiger partial charge in [-0.25, -0.2) is 19.9 Å². The number of aromatic nitrogens is 8. The van der Waals surface area contributed by atoms with Gasteiger partial charge in [0.25, 0.3) is 11.8 Å². The molecule has 0 aliphatic heterocycles. The third-order valence-electron chi connectivity index (χ3n) is 10.7. The molecule has 0 saturated carbocycles. The van der Waals surface area contributed by atoms with Gasteiger partial charge in [0, 0.05) is 61.8 Å². The lowest BCUT2D eigenvalue weighted by Crippen LogP contribution is -2.36. The zero-order valence-electron chi connectivity index (χ0n) is 41.4. The van der Waals surface area contributed by atoms with E-state index in [4.69, 9.17) is 28.7 Å². The van der Waals surface area contributed by atoms with Crippen LogP contribution in [-0.2, 0) is 9.59 Å². The molecule has 70 heavy (non-hydrogen) atoms. The van der Waals surface area contributed by atoms with E-state index in [1.165, 1.54) is 0 Å². The molecule has 2 aromatic carbocycles. The monoisotopic (exact) mass is 968 g/mol. The first-order valence-corrected chi connectivity index (χ1v) is 23.0. The molecule has 6 N–H and O–H groups in total. The molecule has 6 rings (SSSR count). The number of anilines is 2. The number of amides is 2. The van der Waals surface area contributed by atoms with Crippen LogP contribution in [0.2, 0.25) is 0 Å². The molecule has 22 heteroatoms.